The lowest BCUT2D eigenvalue weighted by molar-refractivity contribution is -0.145. The molecular formula is C16H22N2O4. The van der Waals surface area contributed by atoms with E-state index in [-0.39, 0.29) is 24.0 Å². The van der Waals surface area contributed by atoms with E-state index in [0.717, 1.165) is 19.3 Å². The van der Waals surface area contributed by atoms with Crippen molar-refractivity contribution >= 4 is 17.7 Å². The van der Waals surface area contributed by atoms with Gasteiger partial charge in [-0.2, -0.15) is 0 Å². The standard InChI is InChI=1S/C16H22N2O4/c1-3-22-12-7-4-6-11(10-12)17-16(20)18-14-9-5-8-13(14)15(19)21-2/h4,6-7,10,13-14H,3,5,8-9H2,1-2H3,(H2,17,18,20)/t13-,14+/m1/s1. The smallest absolute Gasteiger partial charge is 0.319 e. The summed E-state index contributed by atoms with van der Waals surface area (Å²) in [6.45, 7) is 2.47. The summed E-state index contributed by atoms with van der Waals surface area (Å²) in [5.74, 6) is 0.181. The summed E-state index contributed by atoms with van der Waals surface area (Å²) < 4.78 is 10.2. The maximum Gasteiger partial charge on any atom is 0.319 e. The minimum Gasteiger partial charge on any atom is -0.494 e. The molecule has 1 aliphatic carbocycles. The predicted molar refractivity (Wildman–Crippen MR) is 82.9 cm³/mol. The van der Waals surface area contributed by atoms with Crippen LogP contribution in [-0.2, 0) is 9.53 Å². The number of esters is 1. The van der Waals surface area contributed by atoms with E-state index >= 15 is 0 Å². The maximum absolute atomic E-state index is 12.1. The molecule has 6 nitrogen and oxygen atoms in total. The average molecular weight is 306 g/mol. The van der Waals surface area contributed by atoms with E-state index in [9.17, 15) is 9.59 Å². The molecule has 120 valence electrons. The van der Waals surface area contributed by atoms with E-state index in [1.807, 2.05) is 19.1 Å². The van der Waals surface area contributed by atoms with Gasteiger partial charge in [-0.05, 0) is 31.9 Å². The van der Waals surface area contributed by atoms with Crippen molar-refractivity contribution in [1.82, 2.24) is 5.32 Å². The first-order chi connectivity index (χ1) is 10.6. The van der Waals surface area contributed by atoms with Gasteiger partial charge in [-0.25, -0.2) is 4.79 Å². The Morgan fingerprint density at radius 2 is 2.14 bits per heavy atom. The molecule has 2 rings (SSSR count). The number of methoxy groups -OCH3 is 1. The van der Waals surface area contributed by atoms with Crippen molar-refractivity contribution in [1.29, 1.82) is 0 Å². The fourth-order valence-electron chi connectivity index (χ4n) is 2.73. The molecule has 0 radical (unpaired) electrons. The molecule has 1 saturated carbocycles. The predicted octanol–water partition coefficient (Wildman–Crippen LogP) is 2.55. The van der Waals surface area contributed by atoms with Crippen LogP contribution in [0.3, 0.4) is 0 Å². The highest BCUT2D eigenvalue weighted by Crippen LogP contribution is 2.27. The first-order valence-corrected chi connectivity index (χ1v) is 7.52. The number of anilines is 1. The Kier molecular flexibility index (Phi) is 5.63. The Labute approximate surface area is 130 Å². The molecule has 1 aliphatic rings. The molecule has 2 N–H and O–H groups in total. The van der Waals surface area contributed by atoms with Crippen LogP contribution < -0.4 is 15.4 Å². The number of urea groups is 1. The number of benzene rings is 1. The molecule has 2 atom stereocenters. The molecule has 22 heavy (non-hydrogen) atoms. The summed E-state index contributed by atoms with van der Waals surface area (Å²) in [5, 5.41) is 5.62. The topological polar surface area (TPSA) is 76.7 Å². The first-order valence-electron chi connectivity index (χ1n) is 7.52. The number of ether oxygens (including phenoxy) is 2. The van der Waals surface area contributed by atoms with Crippen LogP contribution in [0.2, 0.25) is 0 Å². The second kappa shape index (κ2) is 7.68. The average Bonchev–Trinajstić information content (AvgIpc) is 2.95. The Hall–Kier alpha value is -2.24. The largest absolute Gasteiger partial charge is 0.494 e. The number of amides is 2. The highest BCUT2D eigenvalue weighted by Gasteiger charge is 2.34. The van der Waals surface area contributed by atoms with Crippen molar-refractivity contribution < 1.29 is 19.1 Å². The van der Waals surface area contributed by atoms with Crippen LogP contribution in [0.25, 0.3) is 0 Å². The molecule has 0 aliphatic heterocycles. The molecule has 6 heteroatoms. The molecule has 1 aromatic carbocycles. The molecule has 0 saturated heterocycles. The highest BCUT2D eigenvalue weighted by molar-refractivity contribution is 5.90. The van der Waals surface area contributed by atoms with Crippen LogP contribution in [0.4, 0.5) is 10.5 Å². The lowest BCUT2D eigenvalue weighted by atomic mass is 10.0. The molecule has 0 spiro atoms. The third-order valence-electron chi connectivity index (χ3n) is 3.74. The summed E-state index contributed by atoms with van der Waals surface area (Å²) in [4.78, 5) is 23.7. The zero-order chi connectivity index (χ0) is 15.9. The summed E-state index contributed by atoms with van der Waals surface area (Å²) in [6.07, 6.45) is 2.44. The van der Waals surface area contributed by atoms with Crippen LogP contribution in [0.5, 0.6) is 5.75 Å². The number of carbonyl (C=O) groups excluding carboxylic acids is 2. The third kappa shape index (κ3) is 4.13. The lowest BCUT2D eigenvalue weighted by Crippen LogP contribution is -2.42. The van der Waals surface area contributed by atoms with E-state index < -0.39 is 0 Å². The number of nitrogens with one attached hydrogen (secondary N) is 2. The summed E-state index contributed by atoms with van der Waals surface area (Å²) in [6, 6.07) is 6.69. The summed E-state index contributed by atoms with van der Waals surface area (Å²) in [7, 11) is 1.37. The Bertz CT molecular complexity index is 533. The normalized spacial score (nSPS) is 20.3. The van der Waals surface area contributed by atoms with E-state index in [4.69, 9.17) is 9.47 Å². The Morgan fingerprint density at radius 1 is 1.32 bits per heavy atom. The van der Waals surface area contributed by atoms with Crippen molar-refractivity contribution in [3.8, 4) is 5.75 Å². The monoisotopic (exact) mass is 306 g/mol. The van der Waals surface area contributed by atoms with Gasteiger partial charge in [0.2, 0.25) is 0 Å². The van der Waals surface area contributed by atoms with Crippen molar-refractivity contribution in [3.05, 3.63) is 24.3 Å². The number of hydrogen-bond acceptors (Lipinski definition) is 4. The SMILES string of the molecule is CCOc1cccc(NC(=O)N[C@H]2CCC[C@H]2C(=O)OC)c1. The van der Waals surface area contributed by atoms with E-state index in [1.54, 1.807) is 12.1 Å². The highest BCUT2D eigenvalue weighted by atomic mass is 16.5. The van der Waals surface area contributed by atoms with Crippen LogP contribution in [-0.4, -0.2) is 31.8 Å². The van der Waals surface area contributed by atoms with Crippen LogP contribution in [0.15, 0.2) is 24.3 Å². The van der Waals surface area contributed by atoms with Gasteiger partial charge in [-0.1, -0.05) is 12.5 Å². The van der Waals surface area contributed by atoms with Gasteiger partial charge >= 0.3 is 12.0 Å². The second-order valence-corrected chi connectivity index (χ2v) is 5.23. The Morgan fingerprint density at radius 3 is 2.86 bits per heavy atom. The van der Waals surface area contributed by atoms with Crippen molar-refractivity contribution in [2.75, 3.05) is 19.0 Å². The van der Waals surface area contributed by atoms with Gasteiger partial charge in [0, 0.05) is 17.8 Å². The van der Waals surface area contributed by atoms with Crippen molar-refractivity contribution in [2.24, 2.45) is 5.92 Å². The molecule has 2 amide bonds. The molecule has 1 fully saturated rings. The van der Waals surface area contributed by atoms with Gasteiger partial charge in [-0.3, -0.25) is 4.79 Å². The van der Waals surface area contributed by atoms with E-state index in [1.165, 1.54) is 7.11 Å². The van der Waals surface area contributed by atoms with E-state index in [2.05, 4.69) is 10.6 Å². The van der Waals surface area contributed by atoms with Gasteiger partial charge in [-0.15, -0.1) is 0 Å². The fraction of sp³-hybridized carbons (Fsp3) is 0.500. The molecule has 0 unspecified atom stereocenters. The van der Waals surface area contributed by atoms with Crippen LogP contribution in [0, 0.1) is 5.92 Å². The molecule has 0 heterocycles. The van der Waals surface area contributed by atoms with Gasteiger partial charge in [0.15, 0.2) is 0 Å². The van der Waals surface area contributed by atoms with Crippen LogP contribution >= 0.6 is 0 Å². The number of rotatable bonds is 5. The van der Waals surface area contributed by atoms with E-state index in [0.29, 0.717) is 18.0 Å². The minimum absolute atomic E-state index is 0.178. The van der Waals surface area contributed by atoms with Gasteiger partial charge < -0.3 is 20.1 Å². The first kappa shape index (κ1) is 16.1. The zero-order valence-electron chi connectivity index (χ0n) is 12.9. The summed E-state index contributed by atoms with van der Waals surface area (Å²) in [5.41, 5.74) is 0.649. The molecule has 0 bridgehead atoms. The minimum atomic E-state index is -0.325. The third-order valence-corrected chi connectivity index (χ3v) is 3.74. The fourth-order valence-corrected chi connectivity index (χ4v) is 2.73. The number of hydrogen-bond donors (Lipinski definition) is 2. The quantitative estimate of drug-likeness (QED) is 0.820. The summed E-state index contributed by atoms with van der Waals surface area (Å²) >= 11 is 0. The van der Waals surface area contributed by atoms with Crippen LogP contribution in [0.1, 0.15) is 26.2 Å². The van der Waals surface area contributed by atoms with Gasteiger partial charge in [0.1, 0.15) is 5.75 Å². The molecule has 1 aromatic rings. The van der Waals surface area contributed by atoms with Gasteiger partial charge in [0.05, 0.1) is 19.6 Å². The number of carbonyl (C=O) groups is 2. The van der Waals surface area contributed by atoms with Crippen molar-refractivity contribution in [3.63, 3.8) is 0 Å². The van der Waals surface area contributed by atoms with Gasteiger partial charge in [0.25, 0.3) is 0 Å². The second-order valence-electron chi connectivity index (χ2n) is 5.23. The molecular weight excluding hydrogens is 284 g/mol. The zero-order valence-corrected chi connectivity index (χ0v) is 12.9. The molecule has 0 aromatic heterocycles. The van der Waals surface area contributed by atoms with Crippen molar-refractivity contribution in [2.45, 2.75) is 32.2 Å². The lowest BCUT2D eigenvalue weighted by Gasteiger charge is -2.19. The Balaban J connectivity index is 1.92. The maximum atomic E-state index is 12.1.